The van der Waals surface area contributed by atoms with Gasteiger partial charge in [0.05, 0.1) is 12.2 Å². The summed E-state index contributed by atoms with van der Waals surface area (Å²) in [6.45, 7) is 9.03. The van der Waals surface area contributed by atoms with Crippen molar-refractivity contribution in [1.82, 2.24) is 10.3 Å². The third kappa shape index (κ3) is 2.84. The third-order valence-corrected chi connectivity index (χ3v) is 2.60. The molecule has 0 atom stereocenters. The van der Waals surface area contributed by atoms with E-state index in [1.165, 1.54) is 0 Å². The van der Waals surface area contributed by atoms with Crippen molar-refractivity contribution in [3.63, 3.8) is 0 Å². The van der Waals surface area contributed by atoms with E-state index in [1.54, 1.807) is 0 Å². The minimum Gasteiger partial charge on any atom is -0.444 e. The van der Waals surface area contributed by atoms with E-state index in [0.717, 1.165) is 36.7 Å². The fourth-order valence-corrected chi connectivity index (χ4v) is 1.42. The van der Waals surface area contributed by atoms with Crippen LogP contribution in [0.5, 0.6) is 0 Å². The van der Waals surface area contributed by atoms with Gasteiger partial charge in [0.1, 0.15) is 5.76 Å². The van der Waals surface area contributed by atoms with Crippen molar-refractivity contribution < 1.29 is 4.42 Å². The molecule has 0 aromatic carbocycles. The van der Waals surface area contributed by atoms with Crippen molar-refractivity contribution in [2.24, 2.45) is 0 Å². The number of nitrogens with one attached hydrogen (secondary N) is 1. The van der Waals surface area contributed by atoms with Gasteiger partial charge in [-0.25, -0.2) is 4.98 Å². The Kier molecular flexibility index (Phi) is 4.14. The molecule has 1 rings (SSSR count). The summed E-state index contributed by atoms with van der Waals surface area (Å²) in [7, 11) is 0. The summed E-state index contributed by atoms with van der Waals surface area (Å²) in [6, 6.07) is 0.572. The predicted molar refractivity (Wildman–Crippen MR) is 57.2 cm³/mol. The van der Waals surface area contributed by atoms with Crippen molar-refractivity contribution in [3.05, 3.63) is 17.3 Å². The average Bonchev–Trinajstić information content (AvgIpc) is 2.48. The Bertz CT molecular complexity index is 257. The largest absolute Gasteiger partial charge is 0.444 e. The number of aromatic nitrogens is 1. The molecular weight excluding hydrogens is 176 g/mol. The topological polar surface area (TPSA) is 38.1 Å². The van der Waals surface area contributed by atoms with Gasteiger partial charge < -0.3 is 9.73 Å². The zero-order valence-electron chi connectivity index (χ0n) is 9.55. The summed E-state index contributed by atoms with van der Waals surface area (Å²) in [5.41, 5.74) is 0.992. The van der Waals surface area contributed by atoms with Crippen molar-refractivity contribution in [2.75, 3.05) is 0 Å². The molecule has 1 heterocycles. The maximum atomic E-state index is 5.48. The van der Waals surface area contributed by atoms with Crippen molar-refractivity contribution in [1.29, 1.82) is 0 Å². The van der Waals surface area contributed by atoms with Crippen molar-refractivity contribution in [3.8, 4) is 0 Å². The number of hydrogen-bond acceptors (Lipinski definition) is 3. The molecule has 0 spiro atoms. The Morgan fingerprint density at radius 1 is 1.29 bits per heavy atom. The fourth-order valence-electron chi connectivity index (χ4n) is 1.42. The molecule has 1 aromatic rings. The lowest BCUT2D eigenvalue weighted by molar-refractivity contribution is 0.409. The molecule has 14 heavy (non-hydrogen) atoms. The lowest BCUT2D eigenvalue weighted by Crippen LogP contribution is -2.27. The van der Waals surface area contributed by atoms with Gasteiger partial charge >= 0.3 is 0 Å². The van der Waals surface area contributed by atoms with Gasteiger partial charge in [0.25, 0.3) is 0 Å². The minimum absolute atomic E-state index is 0.572. The summed E-state index contributed by atoms with van der Waals surface area (Å²) >= 11 is 0. The van der Waals surface area contributed by atoms with E-state index in [1.807, 2.05) is 13.8 Å². The number of rotatable bonds is 5. The molecule has 0 aliphatic rings. The van der Waals surface area contributed by atoms with Crippen LogP contribution in [0.2, 0.25) is 0 Å². The molecule has 1 N–H and O–H groups in total. The molecule has 0 amide bonds. The van der Waals surface area contributed by atoms with Gasteiger partial charge in [0, 0.05) is 6.04 Å². The molecule has 3 nitrogen and oxygen atoms in total. The van der Waals surface area contributed by atoms with Crippen molar-refractivity contribution in [2.45, 2.75) is 53.1 Å². The van der Waals surface area contributed by atoms with Gasteiger partial charge in [-0.15, -0.1) is 0 Å². The highest BCUT2D eigenvalue weighted by Crippen LogP contribution is 2.08. The molecule has 80 valence electrons. The lowest BCUT2D eigenvalue weighted by atomic mass is 10.2. The normalized spacial score (nSPS) is 11.2. The molecule has 0 aliphatic carbocycles. The number of nitrogens with zero attached hydrogens (tertiary/aromatic N) is 1. The highest BCUT2D eigenvalue weighted by atomic mass is 16.4. The summed E-state index contributed by atoms with van der Waals surface area (Å²) < 4.78 is 5.48. The number of hydrogen-bond donors (Lipinski definition) is 1. The highest BCUT2D eigenvalue weighted by molar-refractivity contribution is 5.05. The van der Waals surface area contributed by atoms with E-state index in [2.05, 4.69) is 24.1 Å². The van der Waals surface area contributed by atoms with E-state index >= 15 is 0 Å². The predicted octanol–water partition coefficient (Wildman–Crippen LogP) is 2.57. The Morgan fingerprint density at radius 3 is 2.36 bits per heavy atom. The lowest BCUT2D eigenvalue weighted by Gasteiger charge is -2.12. The first kappa shape index (κ1) is 11.2. The zero-order valence-corrected chi connectivity index (χ0v) is 9.55. The second-order valence-electron chi connectivity index (χ2n) is 3.64. The molecule has 0 saturated heterocycles. The maximum absolute atomic E-state index is 5.48. The van der Waals surface area contributed by atoms with Crippen LogP contribution in [0.4, 0.5) is 0 Å². The van der Waals surface area contributed by atoms with Crippen LogP contribution in [0.25, 0.3) is 0 Å². The van der Waals surface area contributed by atoms with E-state index in [0.29, 0.717) is 6.04 Å². The molecule has 0 unspecified atom stereocenters. The van der Waals surface area contributed by atoms with Gasteiger partial charge in [0.15, 0.2) is 0 Å². The van der Waals surface area contributed by atoms with E-state index in [9.17, 15) is 0 Å². The standard InChI is InChI=1S/C11H20N2O/c1-5-10(6-2)12-7-11-13-8(3)9(4)14-11/h10,12H,5-7H2,1-4H3. The second kappa shape index (κ2) is 5.15. The van der Waals surface area contributed by atoms with E-state index < -0.39 is 0 Å². The van der Waals surface area contributed by atoms with Crippen molar-refractivity contribution >= 4 is 0 Å². The van der Waals surface area contributed by atoms with Crippen LogP contribution in [0, 0.1) is 13.8 Å². The first-order chi connectivity index (χ1) is 6.67. The van der Waals surface area contributed by atoms with Gasteiger partial charge in [-0.1, -0.05) is 13.8 Å². The second-order valence-corrected chi connectivity index (χ2v) is 3.64. The number of oxazole rings is 1. The summed E-state index contributed by atoms with van der Waals surface area (Å²) in [5.74, 6) is 1.72. The Hall–Kier alpha value is -0.830. The molecule has 0 saturated carbocycles. The van der Waals surface area contributed by atoms with Crippen LogP contribution in [0.15, 0.2) is 4.42 Å². The molecule has 0 aliphatic heterocycles. The molecule has 1 aromatic heterocycles. The Labute approximate surface area is 85.9 Å². The minimum atomic E-state index is 0.572. The fraction of sp³-hybridized carbons (Fsp3) is 0.727. The first-order valence-electron chi connectivity index (χ1n) is 5.33. The van der Waals surface area contributed by atoms with Gasteiger partial charge in [-0.3, -0.25) is 0 Å². The SMILES string of the molecule is CCC(CC)NCc1nc(C)c(C)o1. The zero-order chi connectivity index (χ0) is 10.6. The van der Waals surface area contributed by atoms with Crippen LogP contribution < -0.4 is 5.32 Å². The van der Waals surface area contributed by atoms with Crippen LogP contribution >= 0.6 is 0 Å². The average molecular weight is 196 g/mol. The molecule has 3 heteroatoms. The molecule has 0 radical (unpaired) electrons. The monoisotopic (exact) mass is 196 g/mol. The van der Waals surface area contributed by atoms with E-state index in [4.69, 9.17) is 4.42 Å². The van der Waals surface area contributed by atoms with Gasteiger partial charge in [-0.2, -0.15) is 0 Å². The van der Waals surface area contributed by atoms with Gasteiger partial charge in [-0.05, 0) is 26.7 Å². The van der Waals surface area contributed by atoms with Crippen LogP contribution in [-0.2, 0) is 6.54 Å². The number of aryl methyl sites for hydroxylation is 2. The van der Waals surface area contributed by atoms with Crippen LogP contribution in [0.3, 0.4) is 0 Å². The Balaban J connectivity index is 2.45. The summed E-state index contributed by atoms with van der Waals surface area (Å²) in [6.07, 6.45) is 2.30. The maximum Gasteiger partial charge on any atom is 0.208 e. The smallest absolute Gasteiger partial charge is 0.208 e. The third-order valence-electron chi connectivity index (χ3n) is 2.60. The first-order valence-corrected chi connectivity index (χ1v) is 5.33. The van der Waals surface area contributed by atoms with Crippen LogP contribution in [-0.4, -0.2) is 11.0 Å². The molecular formula is C11H20N2O. The molecule has 0 bridgehead atoms. The quantitative estimate of drug-likeness (QED) is 0.786. The van der Waals surface area contributed by atoms with Gasteiger partial charge in [0.2, 0.25) is 5.89 Å². The summed E-state index contributed by atoms with van der Waals surface area (Å²) in [5, 5.41) is 3.42. The van der Waals surface area contributed by atoms with E-state index in [-0.39, 0.29) is 0 Å². The highest BCUT2D eigenvalue weighted by Gasteiger charge is 2.07. The Morgan fingerprint density at radius 2 is 1.93 bits per heavy atom. The summed E-state index contributed by atoms with van der Waals surface area (Å²) in [4.78, 5) is 4.32. The molecule has 0 fully saturated rings. The van der Waals surface area contributed by atoms with Crippen LogP contribution in [0.1, 0.15) is 44.0 Å².